The zero-order valence-corrected chi connectivity index (χ0v) is 16.6. The van der Waals surface area contributed by atoms with Crippen molar-refractivity contribution in [1.82, 2.24) is 9.97 Å². The quantitative estimate of drug-likeness (QED) is 0.460. The molecule has 0 fully saturated rings. The summed E-state index contributed by atoms with van der Waals surface area (Å²) in [5.41, 5.74) is 0.407. The highest BCUT2D eigenvalue weighted by Crippen LogP contribution is 2.28. The number of rotatable bonds is 9. The van der Waals surface area contributed by atoms with Crippen molar-refractivity contribution in [1.29, 1.82) is 5.26 Å². The molecule has 0 aliphatic heterocycles. The highest BCUT2D eigenvalue weighted by atomic mass is 35.5. The molecule has 0 saturated heterocycles. The minimum Gasteiger partial charge on any atom is -0.491 e. The van der Waals surface area contributed by atoms with E-state index in [-0.39, 0.29) is 24.0 Å². The monoisotopic (exact) mass is 413 g/mol. The Hall–Kier alpha value is -3.57. The fraction of sp³-hybridized carbons (Fsp3) is 0.200. The summed E-state index contributed by atoms with van der Waals surface area (Å²) in [6, 6.07) is 6.21. The smallest absolute Gasteiger partial charge is 0.325 e. The lowest BCUT2D eigenvalue weighted by Gasteiger charge is -2.13. The molecular formula is C20H20ClN5O3. The number of nitrogens with one attached hydrogen (secondary N) is 2. The van der Waals surface area contributed by atoms with Crippen LogP contribution in [-0.4, -0.2) is 29.2 Å². The first-order valence-corrected chi connectivity index (χ1v) is 9.07. The van der Waals surface area contributed by atoms with E-state index in [0.29, 0.717) is 23.1 Å². The van der Waals surface area contributed by atoms with Crippen LogP contribution in [0, 0.1) is 11.3 Å². The van der Waals surface area contributed by atoms with Crippen LogP contribution in [0.4, 0.5) is 16.3 Å². The van der Waals surface area contributed by atoms with Crippen LogP contribution in [0.2, 0.25) is 5.02 Å². The van der Waals surface area contributed by atoms with Gasteiger partial charge in [-0.1, -0.05) is 36.4 Å². The number of nitrogens with zero attached hydrogens (tertiary/aromatic N) is 3. The summed E-state index contributed by atoms with van der Waals surface area (Å²) in [7, 11) is 0. The van der Waals surface area contributed by atoms with Crippen LogP contribution in [0.1, 0.15) is 19.0 Å². The Kier molecular flexibility index (Phi) is 8.48. The second kappa shape index (κ2) is 11.3. The van der Waals surface area contributed by atoms with E-state index in [9.17, 15) is 4.79 Å². The van der Waals surface area contributed by atoms with E-state index in [1.54, 1.807) is 18.2 Å². The summed E-state index contributed by atoms with van der Waals surface area (Å²) >= 11 is 6.03. The fourth-order valence-corrected chi connectivity index (χ4v) is 2.32. The van der Waals surface area contributed by atoms with Crippen molar-refractivity contribution in [3.63, 3.8) is 0 Å². The number of hydrogen-bond acceptors (Lipinski definition) is 6. The van der Waals surface area contributed by atoms with Gasteiger partial charge in [-0.3, -0.25) is 5.32 Å². The predicted octanol–water partition coefficient (Wildman–Crippen LogP) is 4.56. The lowest BCUT2D eigenvalue weighted by atomic mass is 10.3. The van der Waals surface area contributed by atoms with Gasteiger partial charge in [0.2, 0.25) is 5.69 Å². The molecule has 0 atom stereocenters. The number of carbonyl (C=O) groups is 1. The molecule has 1 heterocycles. The third-order valence-corrected chi connectivity index (χ3v) is 3.63. The first kappa shape index (κ1) is 21.7. The molecule has 0 bridgehead atoms. The van der Waals surface area contributed by atoms with Crippen LogP contribution in [0.3, 0.4) is 0 Å². The molecule has 0 radical (unpaired) electrons. The van der Waals surface area contributed by atoms with Gasteiger partial charge in [-0.25, -0.2) is 9.78 Å². The first-order valence-electron chi connectivity index (χ1n) is 8.69. The van der Waals surface area contributed by atoms with E-state index >= 15 is 0 Å². The minimum atomic E-state index is -0.584. The molecule has 29 heavy (non-hydrogen) atoms. The molecule has 1 aromatic heterocycles. The van der Waals surface area contributed by atoms with Crippen molar-refractivity contribution in [3.05, 3.63) is 59.9 Å². The fourth-order valence-electron chi connectivity index (χ4n) is 2.15. The summed E-state index contributed by atoms with van der Waals surface area (Å²) in [5.74, 6) is 0.592. The van der Waals surface area contributed by atoms with Gasteiger partial charge in [0.05, 0.1) is 18.5 Å². The molecule has 1 aromatic carbocycles. The number of nitriles is 1. The van der Waals surface area contributed by atoms with Crippen LogP contribution >= 0.6 is 11.6 Å². The van der Waals surface area contributed by atoms with Crippen molar-refractivity contribution in [3.8, 4) is 17.7 Å². The maximum atomic E-state index is 12.4. The van der Waals surface area contributed by atoms with Crippen molar-refractivity contribution in [2.75, 3.05) is 23.8 Å². The van der Waals surface area contributed by atoms with Crippen LogP contribution < -0.4 is 20.1 Å². The minimum absolute atomic E-state index is 0.000886. The molecule has 2 amide bonds. The number of hydrogen-bond donors (Lipinski definition) is 2. The number of urea groups is 1. The van der Waals surface area contributed by atoms with Crippen molar-refractivity contribution < 1.29 is 14.3 Å². The Bertz CT molecular complexity index is 940. The molecule has 0 saturated carbocycles. The van der Waals surface area contributed by atoms with Crippen LogP contribution in [0.25, 0.3) is 0 Å². The third kappa shape index (κ3) is 6.83. The predicted molar refractivity (Wildman–Crippen MR) is 111 cm³/mol. The zero-order chi connectivity index (χ0) is 21.1. The normalized spacial score (nSPS) is 10.2. The second-order valence-electron chi connectivity index (χ2n) is 5.55. The Morgan fingerprint density at radius 3 is 2.93 bits per heavy atom. The Morgan fingerprint density at radius 1 is 1.38 bits per heavy atom. The van der Waals surface area contributed by atoms with Gasteiger partial charge in [0, 0.05) is 5.02 Å². The number of carbonyl (C=O) groups excluding carboxylic acids is 1. The van der Waals surface area contributed by atoms with Crippen LogP contribution in [0.15, 0.2) is 49.2 Å². The van der Waals surface area contributed by atoms with Gasteiger partial charge < -0.3 is 14.8 Å². The lowest BCUT2D eigenvalue weighted by molar-refractivity contribution is 0.261. The van der Waals surface area contributed by atoms with E-state index in [1.165, 1.54) is 12.3 Å². The summed E-state index contributed by atoms with van der Waals surface area (Å²) in [5, 5.41) is 14.7. The molecule has 0 spiro atoms. The molecule has 150 valence electrons. The summed E-state index contributed by atoms with van der Waals surface area (Å²) in [6.45, 7) is 6.06. The van der Waals surface area contributed by atoms with E-state index in [2.05, 4.69) is 27.2 Å². The third-order valence-electron chi connectivity index (χ3n) is 3.39. The molecule has 2 rings (SSSR count). The van der Waals surface area contributed by atoms with Gasteiger partial charge >= 0.3 is 6.03 Å². The van der Waals surface area contributed by atoms with E-state index in [1.807, 2.05) is 25.1 Å². The van der Waals surface area contributed by atoms with Gasteiger partial charge in [0.1, 0.15) is 18.4 Å². The lowest BCUT2D eigenvalue weighted by Crippen LogP contribution is -2.21. The first-order chi connectivity index (χ1) is 14.1. The SMILES string of the molecule is C=CCOc1nc(NC(=O)Nc2cc(Cl)ccc2OCCC=CC)cnc1C#N. The number of allylic oxidation sites excluding steroid dienone is 1. The standard InChI is InChI=1S/C20H20ClN5O3/c1-3-5-6-10-28-17-8-7-14(21)11-15(17)24-20(27)26-18-13-23-16(12-22)19(25-18)29-9-4-2/h3-5,7-8,11,13H,2,6,9-10H2,1H3,(H2,24,25,26,27). The van der Waals surface area contributed by atoms with E-state index in [4.69, 9.17) is 26.3 Å². The molecule has 9 heteroatoms. The highest BCUT2D eigenvalue weighted by Gasteiger charge is 2.13. The van der Waals surface area contributed by atoms with E-state index < -0.39 is 6.03 Å². The van der Waals surface area contributed by atoms with Gasteiger partial charge in [-0.15, -0.1) is 0 Å². The molecule has 0 aliphatic carbocycles. The number of amides is 2. The largest absolute Gasteiger partial charge is 0.491 e. The summed E-state index contributed by atoms with van der Waals surface area (Å²) in [4.78, 5) is 20.4. The molecule has 8 nitrogen and oxygen atoms in total. The summed E-state index contributed by atoms with van der Waals surface area (Å²) < 4.78 is 11.0. The average Bonchev–Trinajstić information content (AvgIpc) is 2.71. The van der Waals surface area contributed by atoms with Gasteiger partial charge in [0.15, 0.2) is 5.82 Å². The second-order valence-corrected chi connectivity index (χ2v) is 5.98. The van der Waals surface area contributed by atoms with Crippen LogP contribution in [-0.2, 0) is 0 Å². The Labute approximate surface area is 173 Å². The van der Waals surface area contributed by atoms with Crippen molar-refractivity contribution in [2.24, 2.45) is 0 Å². The highest BCUT2D eigenvalue weighted by molar-refractivity contribution is 6.31. The Balaban J connectivity index is 2.09. The zero-order valence-electron chi connectivity index (χ0n) is 15.8. The van der Waals surface area contributed by atoms with Gasteiger partial charge in [-0.05, 0) is 31.5 Å². The number of aromatic nitrogens is 2. The molecule has 2 N–H and O–H groups in total. The average molecular weight is 414 g/mol. The number of anilines is 2. The van der Waals surface area contributed by atoms with E-state index in [0.717, 1.165) is 6.42 Å². The topological polar surface area (TPSA) is 109 Å². The molecule has 0 aliphatic rings. The number of ether oxygens (including phenoxy) is 2. The Morgan fingerprint density at radius 2 is 2.21 bits per heavy atom. The van der Waals surface area contributed by atoms with Gasteiger partial charge in [0.25, 0.3) is 5.88 Å². The molecule has 0 unspecified atom stereocenters. The van der Waals surface area contributed by atoms with Crippen molar-refractivity contribution in [2.45, 2.75) is 13.3 Å². The number of halogens is 1. The summed E-state index contributed by atoms with van der Waals surface area (Å²) in [6.07, 6.45) is 7.41. The maximum Gasteiger partial charge on any atom is 0.325 e. The molecular weight excluding hydrogens is 394 g/mol. The molecule has 2 aromatic rings. The maximum absolute atomic E-state index is 12.4. The van der Waals surface area contributed by atoms with Crippen molar-refractivity contribution >= 4 is 29.1 Å². The number of benzene rings is 1. The van der Waals surface area contributed by atoms with Crippen LogP contribution in [0.5, 0.6) is 11.6 Å². The van der Waals surface area contributed by atoms with Gasteiger partial charge in [-0.2, -0.15) is 10.2 Å².